The molecule has 0 spiro atoms. The second-order valence-electron chi connectivity index (χ2n) is 4.04. The third-order valence-corrected chi connectivity index (χ3v) is 3.47. The summed E-state index contributed by atoms with van der Waals surface area (Å²) >= 11 is 0. The summed E-state index contributed by atoms with van der Waals surface area (Å²) in [4.78, 5) is 14.9. The molecule has 8 heteroatoms. The smallest absolute Gasteiger partial charge is 0.331 e. The number of carboxylic acid groups (broad SMARTS) is 1. The number of nitrogen functional groups attached to an aromatic ring is 1. The lowest BCUT2D eigenvalue weighted by Gasteiger charge is -2.10. The van der Waals surface area contributed by atoms with E-state index in [2.05, 4.69) is 15.6 Å². The van der Waals surface area contributed by atoms with Gasteiger partial charge in [-0.25, -0.2) is 14.0 Å². The molecule has 0 amide bonds. The molecule has 1 unspecified atom stereocenters. The summed E-state index contributed by atoms with van der Waals surface area (Å²) in [5.41, 5.74) is 6.26. The van der Waals surface area contributed by atoms with E-state index < -0.39 is 17.0 Å². The number of nitrogens with zero attached hydrogens (tertiary/aromatic N) is 1. The van der Waals surface area contributed by atoms with Crippen molar-refractivity contribution in [3.63, 3.8) is 0 Å². The molecule has 1 atom stereocenters. The zero-order valence-corrected chi connectivity index (χ0v) is 12.8. The molecule has 0 fully saturated rings. The lowest BCUT2D eigenvalue weighted by Crippen LogP contribution is -2.09. The van der Waals surface area contributed by atoms with E-state index in [0.717, 1.165) is 0 Å². The Bertz CT molecular complexity index is 705. The number of allylic oxidation sites excluding steroid dienone is 2. The summed E-state index contributed by atoms with van der Waals surface area (Å²) in [7, 11) is -0.411. The summed E-state index contributed by atoms with van der Waals surface area (Å²) in [6.07, 6.45) is 8.99. The highest BCUT2D eigenvalue weighted by Crippen LogP contribution is 2.25. The SMILES string of the molecule is C#C/C=C(\C=C(/C)C(=O)O)S(=O)Nc1cc(N)cnc1OC. The number of hydrogen-bond donors (Lipinski definition) is 3. The van der Waals surface area contributed by atoms with Gasteiger partial charge in [-0.2, -0.15) is 0 Å². The van der Waals surface area contributed by atoms with E-state index in [-0.39, 0.29) is 16.4 Å². The van der Waals surface area contributed by atoms with E-state index in [1.54, 1.807) is 0 Å². The Hall–Kier alpha value is -2.79. The van der Waals surface area contributed by atoms with Crippen LogP contribution in [-0.4, -0.2) is 27.4 Å². The first-order valence-electron chi connectivity index (χ1n) is 5.94. The van der Waals surface area contributed by atoms with E-state index in [0.29, 0.717) is 11.4 Å². The Morgan fingerprint density at radius 1 is 1.64 bits per heavy atom. The molecule has 0 aliphatic rings. The maximum absolute atomic E-state index is 12.3. The van der Waals surface area contributed by atoms with Crippen molar-refractivity contribution in [1.82, 2.24) is 4.98 Å². The van der Waals surface area contributed by atoms with E-state index in [1.165, 1.54) is 38.4 Å². The van der Waals surface area contributed by atoms with E-state index in [4.69, 9.17) is 22.0 Å². The molecule has 4 N–H and O–H groups in total. The maximum Gasteiger partial charge on any atom is 0.331 e. The molecule has 0 aliphatic heterocycles. The minimum absolute atomic E-state index is 0.00526. The highest BCUT2D eigenvalue weighted by atomic mass is 32.2. The average Bonchev–Trinajstić information content (AvgIpc) is 2.46. The number of anilines is 2. The van der Waals surface area contributed by atoms with Crippen LogP contribution in [0, 0.1) is 12.3 Å². The first-order valence-corrected chi connectivity index (χ1v) is 7.09. The van der Waals surface area contributed by atoms with Gasteiger partial charge in [-0.15, -0.1) is 6.42 Å². The predicted octanol–water partition coefficient (Wildman–Crippen LogP) is 1.30. The van der Waals surface area contributed by atoms with Crippen LogP contribution < -0.4 is 15.2 Å². The third kappa shape index (κ3) is 4.64. The minimum atomic E-state index is -1.81. The molecule has 7 nitrogen and oxygen atoms in total. The van der Waals surface area contributed by atoms with Crippen molar-refractivity contribution in [3.8, 4) is 18.2 Å². The van der Waals surface area contributed by atoms with Gasteiger partial charge < -0.3 is 15.6 Å². The van der Waals surface area contributed by atoms with Crippen molar-refractivity contribution in [2.45, 2.75) is 6.92 Å². The standard InChI is InChI=1S/C14H15N3O4S/c1-4-5-11(6-9(2)14(18)19)22(20)17-12-7-10(15)8-16-13(12)21-3/h1,5-8,17H,15H2,2-3H3,(H,18,19)/b9-6+,11-5+. The van der Waals surface area contributed by atoms with Crippen molar-refractivity contribution in [2.75, 3.05) is 17.6 Å². The summed E-state index contributed by atoms with van der Waals surface area (Å²) in [6, 6.07) is 1.49. The number of methoxy groups -OCH3 is 1. The molecule has 1 heterocycles. The monoisotopic (exact) mass is 321 g/mol. The zero-order valence-electron chi connectivity index (χ0n) is 12.0. The zero-order chi connectivity index (χ0) is 16.7. The Labute approximate surface area is 130 Å². The molecule has 0 radical (unpaired) electrons. The molecule has 1 aromatic rings. The van der Waals surface area contributed by atoms with Crippen molar-refractivity contribution < 1.29 is 18.8 Å². The van der Waals surface area contributed by atoms with Gasteiger partial charge in [-0.05, 0) is 19.1 Å². The quantitative estimate of drug-likeness (QED) is 0.413. The van der Waals surface area contributed by atoms with Crippen LogP contribution in [-0.2, 0) is 15.8 Å². The number of nitrogens with two attached hydrogens (primary N) is 1. The number of hydrogen-bond acceptors (Lipinski definition) is 5. The number of rotatable bonds is 6. The van der Waals surface area contributed by atoms with Gasteiger partial charge in [0.15, 0.2) is 11.0 Å². The molecule has 116 valence electrons. The van der Waals surface area contributed by atoms with E-state index in [1.807, 2.05) is 0 Å². The number of pyridine rings is 1. The number of carbonyl (C=O) groups is 1. The fourth-order valence-corrected chi connectivity index (χ4v) is 2.29. The van der Waals surface area contributed by atoms with Gasteiger partial charge in [0.05, 0.1) is 23.9 Å². The number of terminal acetylenes is 1. The number of nitrogens with one attached hydrogen (secondary N) is 1. The van der Waals surface area contributed by atoms with Gasteiger partial charge in [0, 0.05) is 11.6 Å². The van der Waals surface area contributed by atoms with Gasteiger partial charge in [-0.1, -0.05) is 5.92 Å². The summed E-state index contributed by atoms with van der Waals surface area (Å²) < 4.78 is 20.0. The largest absolute Gasteiger partial charge is 0.479 e. The molecule has 0 aliphatic carbocycles. The molecule has 1 rings (SSSR count). The second-order valence-corrected chi connectivity index (χ2v) is 5.26. The predicted molar refractivity (Wildman–Crippen MR) is 85.3 cm³/mol. The molecule has 22 heavy (non-hydrogen) atoms. The van der Waals surface area contributed by atoms with Crippen LogP contribution in [0.2, 0.25) is 0 Å². The van der Waals surface area contributed by atoms with Crippen LogP contribution in [0.3, 0.4) is 0 Å². The Morgan fingerprint density at radius 2 is 2.32 bits per heavy atom. The number of ether oxygens (including phenoxy) is 1. The minimum Gasteiger partial charge on any atom is -0.479 e. The number of aliphatic carboxylic acids is 1. The second kappa shape index (κ2) is 7.85. The van der Waals surface area contributed by atoms with E-state index >= 15 is 0 Å². The van der Waals surface area contributed by atoms with Crippen molar-refractivity contribution in [3.05, 3.63) is 34.9 Å². The van der Waals surface area contributed by atoms with Crippen LogP contribution in [0.4, 0.5) is 11.4 Å². The molecular weight excluding hydrogens is 306 g/mol. The fraction of sp³-hybridized carbons (Fsp3) is 0.143. The van der Waals surface area contributed by atoms with Crippen LogP contribution in [0.15, 0.2) is 34.9 Å². The van der Waals surface area contributed by atoms with Crippen molar-refractivity contribution in [2.24, 2.45) is 0 Å². The summed E-state index contributed by atoms with van der Waals surface area (Å²) in [5, 5.41) is 8.88. The van der Waals surface area contributed by atoms with Gasteiger partial charge in [-0.3, -0.25) is 4.72 Å². The number of aromatic nitrogens is 1. The Balaban J connectivity index is 3.11. The molecule has 1 aromatic heterocycles. The Kier molecular flexibility index (Phi) is 6.16. The third-order valence-electron chi connectivity index (χ3n) is 2.40. The number of carboxylic acids is 1. The summed E-state index contributed by atoms with van der Waals surface area (Å²) in [5.74, 6) is 1.27. The lowest BCUT2D eigenvalue weighted by molar-refractivity contribution is -0.132. The Morgan fingerprint density at radius 3 is 2.86 bits per heavy atom. The van der Waals surface area contributed by atoms with E-state index in [9.17, 15) is 9.00 Å². The normalized spacial score (nSPS) is 13.1. The van der Waals surface area contributed by atoms with Gasteiger partial charge in [0.25, 0.3) is 0 Å². The first kappa shape index (κ1) is 17.3. The van der Waals surface area contributed by atoms with Gasteiger partial charge in [0.2, 0.25) is 5.88 Å². The highest BCUT2D eigenvalue weighted by molar-refractivity contribution is 7.90. The van der Waals surface area contributed by atoms with Crippen LogP contribution in [0.5, 0.6) is 5.88 Å². The van der Waals surface area contributed by atoms with Crippen molar-refractivity contribution in [1.29, 1.82) is 0 Å². The highest BCUT2D eigenvalue weighted by Gasteiger charge is 2.12. The van der Waals surface area contributed by atoms with Crippen LogP contribution >= 0.6 is 0 Å². The molecule has 0 aromatic carbocycles. The topological polar surface area (TPSA) is 115 Å². The first-order chi connectivity index (χ1) is 10.4. The average molecular weight is 321 g/mol. The van der Waals surface area contributed by atoms with Gasteiger partial charge in [0.1, 0.15) is 5.69 Å². The summed E-state index contributed by atoms with van der Waals surface area (Å²) in [6.45, 7) is 1.37. The molecule has 0 saturated heterocycles. The lowest BCUT2D eigenvalue weighted by atomic mass is 10.3. The maximum atomic E-state index is 12.3. The molecule has 0 bridgehead atoms. The fourth-order valence-electron chi connectivity index (χ4n) is 1.37. The van der Waals surface area contributed by atoms with Crippen LogP contribution in [0.25, 0.3) is 0 Å². The van der Waals surface area contributed by atoms with Gasteiger partial charge >= 0.3 is 5.97 Å². The molecule has 0 saturated carbocycles. The molecular formula is C14H15N3O4S. The van der Waals surface area contributed by atoms with Crippen LogP contribution in [0.1, 0.15) is 6.92 Å². The van der Waals surface area contributed by atoms with Crippen molar-refractivity contribution >= 4 is 28.3 Å².